The molecule has 4 rings (SSSR count). The van der Waals surface area contributed by atoms with Crippen molar-refractivity contribution in [3.8, 4) is 0 Å². The van der Waals surface area contributed by atoms with E-state index in [4.69, 9.17) is 0 Å². The van der Waals surface area contributed by atoms with Crippen LogP contribution < -0.4 is 5.32 Å². The summed E-state index contributed by atoms with van der Waals surface area (Å²) in [5, 5.41) is 12.7. The minimum Gasteiger partial charge on any atom is -0.392 e. The van der Waals surface area contributed by atoms with Crippen molar-refractivity contribution in [1.29, 1.82) is 0 Å². The first-order valence-electron chi connectivity index (χ1n) is 9.37. The minimum atomic E-state index is -0.223. The maximum absolute atomic E-state index is 13.6. The number of aliphatic hydroxyl groups is 1. The molecule has 136 valence electrons. The zero-order chi connectivity index (χ0) is 18.3. The first kappa shape index (κ1) is 17.2. The molecule has 0 aromatic heterocycles. The van der Waals surface area contributed by atoms with Gasteiger partial charge in [0.25, 0.3) is 5.91 Å². The Kier molecular flexibility index (Phi) is 4.53. The number of amides is 1. The molecule has 4 heteroatoms. The van der Waals surface area contributed by atoms with Crippen molar-refractivity contribution >= 4 is 5.91 Å². The highest BCUT2D eigenvalue weighted by molar-refractivity contribution is 5.95. The van der Waals surface area contributed by atoms with Gasteiger partial charge in [-0.3, -0.25) is 4.79 Å². The van der Waals surface area contributed by atoms with E-state index in [0.717, 1.165) is 42.4 Å². The Morgan fingerprint density at radius 3 is 2.58 bits per heavy atom. The van der Waals surface area contributed by atoms with Crippen LogP contribution in [0.1, 0.15) is 70.3 Å². The molecule has 2 aromatic carbocycles. The molecular formula is C22H24FNO2. The van der Waals surface area contributed by atoms with Crippen LogP contribution in [0.2, 0.25) is 0 Å². The molecule has 0 radical (unpaired) electrons. The summed E-state index contributed by atoms with van der Waals surface area (Å²) < 4.78 is 13.6. The maximum atomic E-state index is 13.6. The summed E-state index contributed by atoms with van der Waals surface area (Å²) in [5.74, 6) is 0.584. The number of rotatable bonds is 6. The van der Waals surface area contributed by atoms with Gasteiger partial charge in [-0.05, 0) is 84.9 Å². The van der Waals surface area contributed by atoms with Crippen LogP contribution in [-0.2, 0) is 6.61 Å². The third kappa shape index (κ3) is 3.65. The highest BCUT2D eigenvalue weighted by Gasteiger charge is 2.34. The molecule has 0 bridgehead atoms. The molecule has 2 fully saturated rings. The number of halogens is 1. The van der Waals surface area contributed by atoms with Crippen molar-refractivity contribution in [3.05, 3.63) is 70.0 Å². The Labute approximate surface area is 153 Å². The summed E-state index contributed by atoms with van der Waals surface area (Å²) in [6.45, 7) is 1.68. The zero-order valence-corrected chi connectivity index (χ0v) is 15.0. The summed E-state index contributed by atoms with van der Waals surface area (Å²) in [6.07, 6.45) is 4.45. The van der Waals surface area contributed by atoms with Crippen LogP contribution in [0, 0.1) is 18.7 Å². The number of hydrogen-bond acceptors (Lipinski definition) is 2. The minimum absolute atomic E-state index is 0.0654. The average Bonchev–Trinajstić information content (AvgIpc) is 3.54. The maximum Gasteiger partial charge on any atom is 0.251 e. The fourth-order valence-corrected chi connectivity index (χ4v) is 3.58. The average molecular weight is 353 g/mol. The van der Waals surface area contributed by atoms with E-state index in [1.54, 1.807) is 19.1 Å². The van der Waals surface area contributed by atoms with Crippen LogP contribution in [-0.4, -0.2) is 11.0 Å². The van der Waals surface area contributed by atoms with Crippen LogP contribution in [0.5, 0.6) is 0 Å². The van der Waals surface area contributed by atoms with Crippen molar-refractivity contribution in [2.45, 2.75) is 51.2 Å². The van der Waals surface area contributed by atoms with Crippen LogP contribution in [0.3, 0.4) is 0 Å². The molecule has 26 heavy (non-hydrogen) atoms. The number of aliphatic hydroxyl groups excluding tert-OH is 1. The highest BCUT2D eigenvalue weighted by Crippen LogP contribution is 2.42. The first-order chi connectivity index (χ1) is 12.5. The summed E-state index contributed by atoms with van der Waals surface area (Å²) in [4.78, 5) is 12.9. The zero-order valence-electron chi connectivity index (χ0n) is 15.0. The van der Waals surface area contributed by atoms with Crippen molar-refractivity contribution in [2.24, 2.45) is 5.92 Å². The summed E-state index contributed by atoms with van der Waals surface area (Å²) in [7, 11) is 0. The van der Waals surface area contributed by atoms with Crippen LogP contribution in [0.25, 0.3) is 0 Å². The lowest BCUT2D eigenvalue weighted by atomic mass is 9.98. The van der Waals surface area contributed by atoms with Gasteiger partial charge in [0.05, 0.1) is 12.6 Å². The number of benzene rings is 2. The second kappa shape index (κ2) is 6.84. The Balaban J connectivity index is 1.59. The van der Waals surface area contributed by atoms with Crippen molar-refractivity contribution < 1.29 is 14.3 Å². The van der Waals surface area contributed by atoms with E-state index in [1.165, 1.54) is 6.07 Å². The lowest BCUT2D eigenvalue weighted by Crippen LogP contribution is -2.30. The third-order valence-corrected chi connectivity index (χ3v) is 5.43. The topological polar surface area (TPSA) is 49.3 Å². The molecule has 3 nitrogen and oxygen atoms in total. The fraction of sp³-hybridized carbons (Fsp3) is 0.409. The third-order valence-electron chi connectivity index (χ3n) is 5.43. The van der Waals surface area contributed by atoms with Crippen LogP contribution in [0.15, 0.2) is 36.4 Å². The normalized spacial score (nSPS) is 17.8. The van der Waals surface area contributed by atoms with Gasteiger partial charge in [-0.15, -0.1) is 0 Å². The van der Waals surface area contributed by atoms with Crippen molar-refractivity contribution in [1.82, 2.24) is 5.32 Å². The van der Waals surface area contributed by atoms with Gasteiger partial charge in [0, 0.05) is 5.56 Å². The standard InChI is InChI=1S/C22H24FNO2/c1-13-8-17(6-7-20(13)23)21(16-4-5-16)24-22(26)19-10-14(12-25)9-18(11-19)15-2-3-15/h6-11,15-16,21,25H,2-5,12H2,1H3,(H,24,26). The summed E-state index contributed by atoms with van der Waals surface area (Å²) in [5.41, 5.74) is 4.08. The largest absolute Gasteiger partial charge is 0.392 e. The molecule has 2 aliphatic rings. The molecule has 1 atom stereocenters. The molecule has 0 heterocycles. The summed E-state index contributed by atoms with van der Waals surface area (Å²) in [6, 6.07) is 10.7. The molecule has 0 aliphatic heterocycles. The molecule has 2 aliphatic carbocycles. The number of aryl methyl sites for hydroxylation is 1. The van der Waals surface area contributed by atoms with E-state index in [1.807, 2.05) is 18.2 Å². The number of carbonyl (C=O) groups excluding carboxylic acids is 1. The lowest BCUT2D eigenvalue weighted by Gasteiger charge is -2.20. The quantitative estimate of drug-likeness (QED) is 0.809. The van der Waals surface area contributed by atoms with Gasteiger partial charge < -0.3 is 10.4 Å². The Morgan fingerprint density at radius 1 is 1.19 bits per heavy atom. The second-order valence-electron chi connectivity index (χ2n) is 7.69. The van der Waals surface area contributed by atoms with E-state index >= 15 is 0 Å². The lowest BCUT2D eigenvalue weighted by molar-refractivity contribution is 0.0931. The number of hydrogen-bond donors (Lipinski definition) is 2. The summed E-state index contributed by atoms with van der Waals surface area (Å²) >= 11 is 0. The van der Waals surface area contributed by atoms with Gasteiger partial charge in [0.2, 0.25) is 0 Å². The van der Waals surface area contributed by atoms with Gasteiger partial charge in [-0.1, -0.05) is 18.2 Å². The Bertz CT molecular complexity index is 840. The van der Waals surface area contributed by atoms with E-state index < -0.39 is 0 Å². The smallest absolute Gasteiger partial charge is 0.251 e. The molecule has 1 amide bonds. The molecule has 2 N–H and O–H groups in total. The van der Waals surface area contributed by atoms with Crippen molar-refractivity contribution in [2.75, 3.05) is 0 Å². The highest BCUT2D eigenvalue weighted by atomic mass is 19.1. The van der Waals surface area contributed by atoms with E-state index in [-0.39, 0.29) is 24.4 Å². The molecule has 2 saturated carbocycles. The van der Waals surface area contributed by atoms with E-state index in [2.05, 4.69) is 5.32 Å². The molecule has 2 aromatic rings. The molecular weight excluding hydrogens is 329 g/mol. The predicted octanol–water partition coefficient (Wildman–Crippen LogP) is 4.38. The van der Waals surface area contributed by atoms with E-state index in [9.17, 15) is 14.3 Å². The van der Waals surface area contributed by atoms with Gasteiger partial charge >= 0.3 is 0 Å². The monoisotopic (exact) mass is 353 g/mol. The van der Waals surface area contributed by atoms with Gasteiger partial charge in [-0.25, -0.2) is 4.39 Å². The Hall–Kier alpha value is -2.20. The SMILES string of the molecule is Cc1cc(C(NC(=O)c2cc(CO)cc(C3CC3)c2)C2CC2)ccc1F. The van der Waals surface area contributed by atoms with E-state index in [0.29, 0.717) is 23.0 Å². The van der Waals surface area contributed by atoms with Crippen molar-refractivity contribution in [3.63, 3.8) is 0 Å². The fourth-order valence-electron chi connectivity index (χ4n) is 3.58. The molecule has 1 unspecified atom stereocenters. The van der Waals surface area contributed by atoms with Gasteiger partial charge in [0.15, 0.2) is 0 Å². The molecule has 0 spiro atoms. The van der Waals surface area contributed by atoms with Gasteiger partial charge in [-0.2, -0.15) is 0 Å². The second-order valence-corrected chi connectivity index (χ2v) is 7.69. The molecule has 0 saturated heterocycles. The number of carbonyl (C=O) groups is 1. The first-order valence-corrected chi connectivity index (χ1v) is 9.37. The van der Waals surface area contributed by atoms with Crippen LogP contribution in [0.4, 0.5) is 4.39 Å². The van der Waals surface area contributed by atoms with Crippen LogP contribution >= 0.6 is 0 Å². The predicted molar refractivity (Wildman–Crippen MR) is 98.4 cm³/mol. The number of nitrogens with one attached hydrogen (secondary N) is 1. The van der Waals surface area contributed by atoms with Gasteiger partial charge in [0.1, 0.15) is 5.82 Å². The Morgan fingerprint density at radius 2 is 1.96 bits per heavy atom.